The van der Waals surface area contributed by atoms with Crippen LogP contribution in [0.1, 0.15) is 24.9 Å². The molecule has 0 saturated heterocycles. The summed E-state index contributed by atoms with van der Waals surface area (Å²) in [6.07, 6.45) is 0.845. The predicted molar refractivity (Wildman–Crippen MR) is 81.1 cm³/mol. The first-order chi connectivity index (χ1) is 9.75. The van der Waals surface area contributed by atoms with Crippen molar-refractivity contribution in [1.29, 1.82) is 0 Å². The zero-order chi connectivity index (χ0) is 14.2. The van der Waals surface area contributed by atoms with Crippen LogP contribution >= 0.6 is 0 Å². The van der Waals surface area contributed by atoms with E-state index < -0.39 is 0 Å². The third kappa shape index (κ3) is 4.59. The van der Waals surface area contributed by atoms with Crippen molar-refractivity contribution in [3.8, 4) is 11.5 Å². The van der Waals surface area contributed by atoms with Crippen LogP contribution in [-0.2, 0) is 0 Å². The molecule has 1 atom stereocenters. The number of ether oxygens (including phenoxy) is 2. The fourth-order valence-corrected chi connectivity index (χ4v) is 1.84. The molecule has 3 heteroatoms. The van der Waals surface area contributed by atoms with Crippen molar-refractivity contribution in [1.82, 2.24) is 0 Å². The van der Waals surface area contributed by atoms with Gasteiger partial charge in [0, 0.05) is 12.5 Å². The zero-order valence-corrected chi connectivity index (χ0v) is 11.8. The second-order valence-corrected chi connectivity index (χ2v) is 4.72. The standard InChI is InChI=1S/C17H21NO2/c1-14(18)15-7-5-10-17(13-15)20-12-6-11-19-16-8-3-2-4-9-16/h2-5,7-10,13-14H,6,11-12,18H2,1H3/t14-/m0/s1. The van der Waals surface area contributed by atoms with Gasteiger partial charge in [0.05, 0.1) is 13.2 Å². The molecule has 3 nitrogen and oxygen atoms in total. The van der Waals surface area contributed by atoms with Gasteiger partial charge in [0.25, 0.3) is 0 Å². The van der Waals surface area contributed by atoms with Gasteiger partial charge in [0.15, 0.2) is 0 Å². The number of para-hydroxylation sites is 1. The van der Waals surface area contributed by atoms with E-state index in [1.165, 1.54) is 0 Å². The smallest absolute Gasteiger partial charge is 0.119 e. The highest BCUT2D eigenvalue weighted by Gasteiger charge is 2.01. The molecule has 0 heterocycles. The minimum absolute atomic E-state index is 0.0277. The summed E-state index contributed by atoms with van der Waals surface area (Å²) >= 11 is 0. The van der Waals surface area contributed by atoms with Gasteiger partial charge in [-0.05, 0) is 36.8 Å². The molecule has 0 fully saturated rings. The first-order valence-electron chi connectivity index (χ1n) is 6.92. The molecular weight excluding hydrogens is 250 g/mol. The van der Waals surface area contributed by atoms with Crippen LogP contribution in [0.4, 0.5) is 0 Å². The van der Waals surface area contributed by atoms with E-state index in [1.807, 2.05) is 61.5 Å². The largest absolute Gasteiger partial charge is 0.493 e. The molecule has 2 rings (SSSR count). The number of hydrogen-bond donors (Lipinski definition) is 1. The van der Waals surface area contributed by atoms with Crippen molar-refractivity contribution in [3.63, 3.8) is 0 Å². The Morgan fingerprint density at radius 1 is 0.900 bits per heavy atom. The molecular formula is C17H21NO2. The third-order valence-electron chi connectivity index (χ3n) is 2.95. The average molecular weight is 271 g/mol. The summed E-state index contributed by atoms with van der Waals surface area (Å²) in [7, 11) is 0. The normalized spacial score (nSPS) is 11.9. The van der Waals surface area contributed by atoms with Crippen LogP contribution < -0.4 is 15.2 Å². The maximum absolute atomic E-state index is 5.85. The van der Waals surface area contributed by atoms with Gasteiger partial charge < -0.3 is 15.2 Å². The Kier molecular flexibility index (Phi) is 5.44. The van der Waals surface area contributed by atoms with Crippen LogP contribution in [0.3, 0.4) is 0 Å². The summed E-state index contributed by atoms with van der Waals surface area (Å²) in [6, 6.07) is 17.7. The van der Waals surface area contributed by atoms with Crippen molar-refractivity contribution in [2.45, 2.75) is 19.4 Å². The number of nitrogens with two attached hydrogens (primary N) is 1. The van der Waals surface area contributed by atoms with E-state index in [-0.39, 0.29) is 6.04 Å². The van der Waals surface area contributed by atoms with Gasteiger partial charge in [0.2, 0.25) is 0 Å². The molecule has 20 heavy (non-hydrogen) atoms. The van der Waals surface area contributed by atoms with E-state index in [9.17, 15) is 0 Å². The van der Waals surface area contributed by atoms with Gasteiger partial charge >= 0.3 is 0 Å². The SMILES string of the molecule is C[C@H](N)c1cccc(OCCCOc2ccccc2)c1. The van der Waals surface area contributed by atoms with E-state index in [0.29, 0.717) is 13.2 Å². The van der Waals surface area contributed by atoms with Crippen molar-refractivity contribution in [2.24, 2.45) is 5.73 Å². The van der Waals surface area contributed by atoms with E-state index in [2.05, 4.69) is 0 Å². The molecule has 0 aliphatic rings. The minimum Gasteiger partial charge on any atom is -0.493 e. The molecule has 0 spiro atoms. The monoisotopic (exact) mass is 271 g/mol. The van der Waals surface area contributed by atoms with E-state index in [4.69, 9.17) is 15.2 Å². The van der Waals surface area contributed by atoms with Crippen LogP contribution in [0.2, 0.25) is 0 Å². The molecule has 2 N–H and O–H groups in total. The summed E-state index contributed by atoms with van der Waals surface area (Å²) in [5.41, 5.74) is 6.93. The second-order valence-electron chi connectivity index (χ2n) is 4.72. The molecule has 2 aromatic rings. The summed E-state index contributed by atoms with van der Waals surface area (Å²) < 4.78 is 11.3. The molecule has 0 amide bonds. The van der Waals surface area contributed by atoms with Crippen molar-refractivity contribution in [2.75, 3.05) is 13.2 Å². The van der Waals surface area contributed by atoms with Crippen molar-refractivity contribution >= 4 is 0 Å². The van der Waals surface area contributed by atoms with Gasteiger partial charge in [0.1, 0.15) is 11.5 Å². The molecule has 0 bridgehead atoms. The Morgan fingerprint density at radius 3 is 2.25 bits per heavy atom. The Balaban J connectivity index is 1.69. The van der Waals surface area contributed by atoms with E-state index in [1.54, 1.807) is 0 Å². The summed E-state index contributed by atoms with van der Waals surface area (Å²) in [5.74, 6) is 1.76. The van der Waals surface area contributed by atoms with Crippen LogP contribution in [0.5, 0.6) is 11.5 Å². The Labute approximate surface area is 120 Å². The Hall–Kier alpha value is -2.00. The van der Waals surface area contributed by atoms with Crippen LogP contribution in [0.25, 0.3) is 0 Å². The first-order valence-corrected chi connectivity index (χ1v) is 6.92. The maximum atomic E-state index is 5.85. The minimum atomic E-state index is 0.0277. The van der Waals surface area contributed by atoms with Crippen molar-refractivity contribution in [3.05, 3.63) is 60.2 Å². The molecule has 106 valence electrons. The lowest BCUT2D eigenvalue weighted by atomic mass is 10.1. The highest BCUT2D eigenvalue weighted by Crippen LogP contribution is 2.17. The lowest BCUT2D eigenvalue weighted by Gasteiger charge is -2.10. The summed E-state index contributed by atoms with van der Waals surface area (Å²) in [5, 5.41) is 0. The molecule has 0 saturated carbocycles. The lowest BCUT2D eigenvalue weighted by molar-refractivity contribution is 0.247. The molecule has 0 aliphatic heterocycles. The van der Waals surface area contributed by atoms with E-state index >= 15 is 0 Å². The van der Waals surface area contributed by atoms with Crippen LogP contribution in [0, 0.1) is 0 Å². The Bertz CT molecular complexity index is 511. The first kappa shape index (κ1) is 14.4. The van der Waals surface area contributed by atoms with Crippen molar-refractivity contribution < 1.29 is 9.47 Å². The number of benzene rings is 2. The van der Waals surface area contributed by atoms with Gasteiger partial charge in [-0.1, -0.05) is 30.3 Å². The average Bonchev–Trinajstić information content (AvgIpc) is 2.48. The topological polar surface area (TPSA) is 44.5 Å². The number of hydrogen-bond acceptors (Lipinski definition) is 3. The summed E-state index contributed by atoms with van der Waals surface area (Å²) in [6.45, 7) is 3.25. The molecule has 0 unspecified atom stereocenters. The van der Waals surface area contributed by atoms with Gasteiger partial charge in [-0.15, -0.1) is 0 Å². The van der Waals surface area contributed by atoms with Crippen LogP contribution in [-0.4, -0.2) is 13.2 Å². The van der Waals surface area contributed by atoms with Gasteiger partial charge in [-0.2, -0.15) is 0 Å². The highest BCUT2D eigenvalue weighted by molar-refractivity contribution is 5.30. The molecule has 0 radical (unpaired) electrons. The third-order valence-corrected chi connectivity index (χ3v) is 2.95. The Morgan fingerprint density at radius 2 is 1.55 bits per heavy atom. The number of rotatable bonds is 7. The lowest BCUT2D eigenvalue weighted by Crippen LogP contribution is -2.07. The zero-order valence-electron chi connectivity index (χ0n) is 11.8. The molecule has 0 aromatic heterocycles. The predicted octanol–water partition coefficient (Wildman–Crippen LogP) is 3.55. The van der Waals surface area contributed by atoms with E-state index in [0.717, 1.165) is 23.5 Å². The van der Waals surface area contributed by atoms with Gasteiger partial charge in [-0.25, -0.2) is 0 Å². The quantitative estimate of drug-likeness (QED) is 0.783. The molecule has 0 aliphatic carbocycles. The maximum Gasteiger partial charge on any atom is 0.119 e. The van der Waals surface area contributed by atoms with Gasteiger partial charge in [-0.3, -0.25) is 0 Å². The second kappa shape index (κ2) is 7.56. The van der Waals surface area contributed by atoms with Crippen LogP contribution in [0.15, 0.2) is 54.6 Å². The fourth-order valence-electron chi connectivity index (χ4n) is 1.84. The summed E-state index contributed by atoms with van der Waals surface area (Å²) in [4.78, 5) is 0. The highest BCUT2D eigenvalue weighted by atomic mass is 16.5. The molecule has 2 aromatic carbocycles. The fraction of sp³-hybridized carbons (Fsp3) is 0.294.